The van der Waals surface area contributed by atoms with Crippen molar-refractivity contribution >= 4 is 34.9 Å². The highest BCUT2D eigenvalue weighted by Crippen LogP contribution is 2.20. The molecule has 0 aromatic heterocycles. The number of guanidine groups is 2. The molecule has 0 unspecified atom stereocenters. The van der Waals surface area contributed by atoms with Gasteiger partial charge in [0.2, 0.25) is 11.9 Å². The van der Waals surface area contributed by atoms with E-state index in [9.17, 15) is 4.79 Å². The van der Waals surface area contributed by atoms with Gasteiger partial charge in [-0.05, 0) is 38.1 Å². The van der Waals surface area contributed by atoms with Crippen molar-refractivity contribution in [3.8, 4) is 5.75 Å². The lowest BCUT2D eigenvalue weighted by Crippen LogP contribution is -2.53. The molecule has 0 bridgehead atoms. The number of carboxylic acids is 1. The number of hydrogen-bond acceptors (Lipinski definition) is 8. The van der Waals surface area contributed by atoms with Crippen LogP contribution in [0.5, 0.6) is 5.75 Å². The number of aliphatic imine (C=N–C) groups is 2. The van der Waals surface area contributed by atoms with E-state index in [2.05, 4.69) is 9.98 Å². The van der Waals surface area contributed by atoms with Gasteiger partial charge in [-0.2, -0.15) is 10.1 Å². The topological polar surface area (TPSA) is 136 Å². The van der Waals surface area contributed by atoms with Crippen LogP contribution in [0.3, 0.4) is 0 Å². The van der Waals surface area contributed by atoms with Crippen LogP contribution in [0.2, 0.25) is 0 Å². The number of carboxylic acid groups (broad SMARTS) is 1. The molecule has 0 amide bonds. The molecule has 2 rings (SSSR count). The van der Waals surface area contributed by atoms with Gasteiger partial charge in [-0.3, -0.25) is 4.84 Å². The highest BCUT2D eigenvalue weighted by molar-refractivity contribution is 8.93. The minimum Gasteiger partial charge on any atom is -0.494 e. The molecule has 138 valence electrons. The van der Waals surface area contributed by atoms with Crippen molar-refractivity contribution in [2.75, 3.05) is 13.2 Å². The molecule has 9 nitrogen and oxygen atoms in total. The van der Waals surface area contributed by atoms with E-state index in [1.165, 1.54) is 17.2 Å². The summed E-state index contributed by atoms with van der Waals surface area (Å²) in [6.45, 7) is 4.37. The molecule has 0 atom stereocenters. The largest absolute Gasteiger partial charge is 0.494 e. The van der Waals surface area contributed by atoms with Crippen molar-refractivity contribution in [3.05, 3.63) is 29.8 Å². The molecule has 10 heteroatoms. The summed E-state index contributed by atoms with van der Waals surface area (Å²) in [5.41, 5.74) is 10.9. The van der Waals surface area contributed by atoms with E-state index in [0.717, 1.165) is 0 Å². The Hall–Kier alpha value is -2.33. The molecular weight excluding hydrogens is 394 g/mol. The van der Waals surface area contributed by atoms with E-state index in [4.69, 9.17) is 26.1 Å². The van der Waals surface area contributed by atoms with Crippen molar-refractivity contribution in [2.45, 2.75) is 25.9 Å². The lowest BCUT2D eigenvalue weighted by Gasteiger charge is -2.36. The number of benzene rings is 1. The normalized spacial score (nSPS) is 15.7. The molecule has 1 heterocycles. The van der Waals surface area contributed by atoms with E-state index in [1.807, 2.05) is 13.8 Å². The number of nitrogens with zero attached hydrogens (tertiary/aromatic N) is 3. The quantitative estimate of drug-likeness (QED) is 0.571. The summed E-state index contributed by atoms with van der Waals surface area (Å²) in [4.78, 5) is 24.4. The number of carbonyl (C=O) groups is 1. The SMILES string of the molecule is Br.CC1(C)N=C(N)N=C(N)N1OCCCOc1ccc(C(=O)O)cc1. The molecule has 0 saturated heterocycles. The van der Waals surface area contributed by atoms with Crippen molar-refractivity contribution in [3.63, 3.8) is 0 Å². The standard InChI is InChI=1S/C15H21N5O4.BrH/c1-15(2)19-13(16)18-14(17)20(15)24-9-3-8-23-11-6-4-10(5-7-11)12(21)22;/h4-7H,3,8-9H2,1-2H3,(H,21,22)(H4,16,17,18,19);1H. The molecule has 1 aromatic carbocycles. The number of aromatic carboxylic acids is 1. The second kappa shape index (κ2) is 8.67. The lowest BCUT2D eigenvalue weighted by atomic mass is 10.2. The molecule has 5 N–H and O–H groups in total. The van der Waals surface area contributed by atoms with Crippen molar-refractivity contribution in [2.24, 2.45) is 21.5 Å². The van der Waals surface area contributed by atoms with Crippen LogP contribution < -0.4 is 16.2 Å². The van der Waals surface area contributed by atoms with Gasteiger partial charge in [0.15, 0.2) is 5.66 Å². The highest BCUT2D eigenvalue weighted by atomic mass is 79.9. The number of halogens is 1. The molecule has 1 aromatic rings. The smallest absolute Gasteiger partial charge is 0.335 e. The Kier molecular flexibility index (Phi) is 7.19. The maximum atomic E-state index is 10.8. The zero-order valence-electron chi connectivity index (χ0n) is 14.0. The first-order valence-electron chi connectivity index (χ1n) is 7.38. The van der Waals surface area contributed by atoms with Gasteiger partial charge in [0, 0.05) is 6.42 Å². The molecule has 25 heavy (non-hydrogen) atoms. The average Bonchev–Trinajstić information content (AvgIpc) is 2.48. The Morgan fingerprint density at radius 3 is 2.44 bits per heavy atom. The summed E-state index contributed by atoms with van der Waals surface area (Å²) < 4.78 is 5.53. The van der Waals surface area contributed by atoms with E-state index >= 15 is 0 Å². The average molecular weight is 416 g/mol. The third-order valence-corrected chi connectivity index (χ3v) is 3.20. The molecule has 1 aliphatic rings. The van der Waals surface area contributed by atoms with Crippen molar-refractivity contribution in [1.82, 2.24) is 5.06 Å². The fraction of sp³-hybridized carbons (Fsp3) is 0.400. The van der Waals surface area contributed by atoms with Gasteiger partial charge in [0.1, 0.15) is 5.75 Å². The van der Waals surface area contributed by atoms with Crippen LogP contribution in [0.4, 0.5) is 0 Å². The van der Waals surface area contributed by atoms with Gasteiger partial charge in [-0.25, -0.2) is 9.79 Å². The summed E-state index contributed by atoms with van der Waals surface area (Å²) >= 11 is 0. The van der Waals surface area contributed by atoms with Crippen molar-refractivity contribution < 1.29 is 19.5 Å². The van der Waals surface area contributed by atoms with Gasteiger partial charge >= 0.3 is 5.97 Å². The second-order valence-electron chi connectivity index (χ2n) is 5.59. The molecule has 1 aliphatic heterocycles. The van der Waals surface area contributed by atoms with Crippen LogP contribution in [0, 0.1) is 0 Å². The zero-order valence-corrected chi connectivity index (χ0v) is 15.7. The van der Waals surface area contributed by atoms with Crippen LogP contribution in [0.1, 0.15) is 30.6 Å². The van der Waals surface area contributed by atoms with Gasteiger partial charge in [-0.1, -0.05) is 0 Å². The predicted octanol–water partition coefficient (Wildman–Crippen LogP) is 1.34. The number of rotatable bonds is 7. The van der Waals surface area contributed by atoms with E-state index in [0.29, 0.717) is 25.4 Å². The lowest BCUT2D eigenvalue weighted by molar-refractivity contribution is -0.158. The van der Waals surface area contributed by atoms with Crippen LogP contribution in [0.15, 0.2) is 34.3 Å². The monoisotopic (exact) mass is 415 g/mol. The van der Waals surface area contributed by atoms with Crippen LogP contribution in [0.25, 0.3) is 0 Å². The van der Waals surface area contributed by atoms with E-state index in [-0.39, 0.29) is 34.5 Å². The molecular formula is C15H22BrN5O4. The predicted molar refractivity (Wildman–Crippen MR) is 99.0 cm³/mol. The summed E-state index contributed by atoms with van der Waals surface area (Å²) in [6.07, 6.45) is 0.597. The highest BCUT2D eigenvalue weighted by Gasteiger charge is 2.32. The first-order valence-corrected chi connectivity index (χ1v) is 7.38. The summed E-state index contributed by atoms with van der Waals surface area (Å²) in [5.74, 6) is -0.110. The molecule has 0 fully saturated rings. The van der Waals surface area contributed by atoms with Gasteiger partial charge in [-0.15, -0.1) is 17.0 Å². The molecule has 0 spiro atoms. The fourth-order valence-electron chi connectivity index (χ4n) is 2.12. The third kappa shape index (κ3) is 5.61. The number of hydrogen-bond donors (Lipinski definition) is 3. The molecule has 0 radical (unpaired) electrons. The number of hydroxylamine groups is 2. The summed E-state index contributed by atoms with van der Waals surface area (Å²) in [7, 11) is 0. The minimum absolute atomic E-state index is 0. The van der Waals surface area contributed by atoms with E-state index in [1.54, 1.807) is 12.1 Å². The summed E-state index contributed by atoms with van der Waals surface area (Å²) in [6, 6.07) is 6.20. The van der Waals surface area contributed by atoms with Crippen LogP contribution in [-0.2, 0) is 4.84 Å². The maximum Gasteiger partial charge on any atom is 0.335 e. The maximum absolute atomic E-state index is 10.8. The van der Waals surface area contributed by atoms with Gasteiger partial charge < -0.3 is 21.3 Å². The third-order valence-electron chi connectivity index (χ3n) is 3.20. The fourth-order valence-corrected chi connectivity index (χ4v) is 2.12. The van der Waals surface area contributed by atoms with Crippen LogP contribution >= 0.6 is 17.0 Å². The Balaban J connectivity index is 0.00000312. The number of nitrogens with two attached hydrogens (primary N) is 2. The van der Waals surface area contributed by atoms with Gasteiger partial charge in [0.05, 0.1) is 18.8 Å². The Morgan fingerprint density at radius 2 is 1.88 bits per heavy atom. The van der Waals surface area contributed by atoms with Crippen molar-refractivity contribution in [1.29, 1.82) is 0 Å². The molecule has 0 aliphatic carbocycles. The minimum atomic E-state index is -0.971. The Labute approximate surface area is 156 Å². The second-order valence-corrected chi connectivity index (χ2v) is 5.59. The Morgan fingerprint density at radius 1 is 1.24 bits per heavy atom. The summed E-state index contributed by atoms with van der Waals surface area (Å²) in [5, 5.41) is 10.2. The molecule has 0 saturated carbocycles. The number of ether oxygens (including phenoxy) is 1. The Bertz CT molecular complexity index is 660. The van der Waals surface area contributed by atoms with Gasteiger partial charge in [0.25, 0.3) is 0 Å². The first-order chi connectivity index (χ1) is 11.3. The first kappa shape index (κ1) is 20.7. The zero-order chi connectivity index (χ0) is 17.7. The van der Waals surface area contributed by atoms with Crippen LogP contribution in [-0.4, -0.2) is 46.9 Å². The van der Waals surface area contributed by atoms with E-state index < -0.39 is 11.6 Å².